The van der Waals surface area contributed by atoms with E-state index in [1.54, 1.807) is 6.92 Å². The fraction of sp³-hybridized carbons (Fsp3) is 0.714. The minimum atomic E-state index is -0.836. The van der Waals surface area contributed by atoms with E-state index < -0.39 is 11.0 Å². The quantitative estimate of drug-likeness (QED) is 0.758. The summed E-state index contributed by atoms with van der Waals surface area (Å²) >= 11 is 0. The highest BCUT2D eigenvalue weighted by Crippen LogP contribution is 2.52. The maximum atomic E-state index is 12.2. The summed E-state index contributed by atoms with van der Waals surface area (Å²) in [5, 5.41) is 10.5. The monoisotopic (exact) mass is 236 g/mol. The highest BCUT2D eigenvalue weighted by atomic mass is 16.3. The first kappa shape index (κ1) is 12.5. The lowest BCUT2D eigenvalue weighted by atomic mass is 9.55. The Morgan fingerprint density at radius 2 is 2.06 bits per heavy atom. The first-order chi connectivity index (χ1) is 7.77. The molecular weight excluding hydrogens is 216 g/mol. The Hall–Kier alpha value is -0.960. The van der Waals surface area contributed by atoms with Crippen LogP contribution in [0.5, 0.6) is 0 Å². The van der Waals surface area contributed by atoms with Crippen molar-refractivity contribution in [1.29, 1.82) is 0 Å². The topological polar surface area (TPSA) is 54.4 Å². The zero-order valence-electron chi connectivity index (χ0n) is 10.7. The summed E-state index contributed by atoms with van der Waals surface area (Å²) in [6.07, 6.45) is 4.43. The van der Waals surface area contributed by atoms with Gasteiger partial charge in [-0.05, 0) is 51.2 Å². The molecule has 3 nitrogen and oxygen atoms in total. The number of carbonyl (C=O) groups is 2. The first-order valence-electron chi connectivity index (χ1n) is 6.26. The van der Waals surface area contributed by atoms with Crippen LogP contribution in [0.15, 0.2) is 11.6 Å². The first-order valence-corrected chi connectivity index (χ1v) is 6.26. The van der Waals surface area contributed by atoms with Gasteiger partial charge in [0.15, 0.2) is 11.6 Å². The third-order valence-electron chi connectivity index (χ3n) is 4.64. The smallest absolute Gasteiger partial charge is 0.162 e. The van der Waals surface area contributed by atoms with Gasteiger partial charge in [-0.15, -0.1) is 0 Å². The molecule has 0 spiro atoms. The number of rotatable bonds is 1. The van der Waals surface area contributed by atoms with Crippen LogP contribution < -0.4 is 0 Å². The zero-order valence-corrected chi connectivity index (χ0v) is 10.7. The molecule has 1 fully saturated rings. The molecule has 0 amide bonds. The molecule has 0 aromatic carbocycles. The lowest BCUT2D eigenvalue weighted by molar-refractivity contribution is -0.145. The van der Waals surface area contributed by atoms with Gasteiger partial charge in [-0.2, -0.15) is 0 Å². The third kappa shape index (κ3) is 1.86. The molecule has 3 atom stereocenters. The third-order valence-corrected chi connectivity index (χ3v) is 4.64. The van der Waals surface area contributed by atoms with E-state index in [4.69, 9.17) is 0 Å². The molecule has 0 heterocycles. The molecule has 2 rings (SSSR count). The summed E-state index contributed by atoms with van der Waals surface area (Å²) in [6.45, 7) is 5.21. The van der Waals surface area contributed by atoms with Crippen LogP contribution in [0.4, 0.5) is 0 Å². The lowest BCUT2D eigenvalue weighted by Crippen LogP contribution is -2.53. The average Bonchev–Trinajstić information content (AvgIpc) is 2.19. The summed E-state index contributed by atoms with van der Waals surface area (Å²) < 4.78 is 0. The summed E-state index contributed by atoms with van der Waals surface area (Å²) in [4.78, 5) is 23.6. The minimum Gasteiger partial charge on any atom is -0.390 e. The van der Waals surface area contributed by atoms with Gasteiger partial charge in [-0.3, -0.25) is 9.59 Å². The Labute approximate surface area is 102 Å². The van der Waals surface area contributed by atoms with E-state index >= 15 is 0 Å². The van der Waals surface area contributed by atoms with Crippen LogP contribution in [-0.2, 0) is 9.59 Å². The predicted molar refractivity (Wildman–Crippen MR) is 64.5 cm³/mol. The number of allylic oxidation sites excluding steroid dienone is 2. The van der Waals surface area contributed by atoms with E-state index in [2.05, 4.69) is 0 Å². The van der Waals surface area contributed by atoms with Crippen LogP contribution in [0.2, 0.25) is 0 Å². The lowest BCUT2D eigenvalue weighted by Gasteiger charge is -2.50. The fourth-order valence-electron chi connectivity index (χ4n) is 3.44. The van der Waals surface area contributed by atoms with Gasteiger partial charge in [0, 0.05) is 11.3 Å². The van der Waals surface area contributed by atoms with E-state index in [0.717, 1.165) is 12.8 Å². The Morgan fingerprint density at radius 3 is 2.65 bits per heavy atom. The summed E-state index contributed by atoms with van der Waals surface area (Å²) in [5.74, 6) is -0.166. The largest absolute Gasteiger partial charge is 0.390 e. The van der Waals surface area contributed by atoms with Crippen LogP contribution in [0.3, 0.4) is 0 Å². The van der Waals surface area contributed by atoms with Gasteiger partial charge in [-0.25, -0.2) is 0 Å². The molecule has 94 valence electrons. The second-order valence-corrected chi connectivity index (χ2v) is 5.97. The Kier molecular flexibility index (Phi) is 2.77. The Balaban J connectivity index is 2.44. The Bertz CT molecular complexity index is 406. The molecule has 1 N–H and O–H groups in total. The number of aliphatic hydroxyl groups is 1. The van der Waals surface area contributed by atoms with Crippen molar-refractivity contribution in [2.45, 2.75) is 52.1 Å². The standard InChI is InChI=1S/C14H20O3/c1-9(15)10-7-11-13(2,12(16)8-10)5-4-6-14(11,3)17/h8,11,17H,4-7H2,1-3H3. The maximum Gasteiger partial charge on any atom is 0.162 e. The van der Waals surface area contributed by atoms with Gasteiger partial charge in [0.05, 0.1) is 5.60 Å². The number of hydrogen-bond donors (Lipinski definition) is 1. The molecule has 17 heavy (non-hydrogen) atoms. The van der Waals surface area contributed by atoms with Crippen molar-refractivity contribution in [3.8, 4) is 0 Å². The molecular formula is C14H20O3. The summed E-state index contributed by atoms with van der Waals surface area (Å²) in [6, 6.07) is 0. The molecule has 0 bridgehead atoms. The van der Waals surface area contributed by atoms with E-state index in [9.17, 15) is 14.7 Å². The van der Waals surface area contributed by atoms with Crippen molar-refractivity contribution in [3.63, 3.8) is 0 Å². The van der Waals surface area contributed by atoms with Crippen LogP contribution in [-0.4, -0.2) is 22.3 Å². The van der Waals surface area contributed by atoms with E-state index in [1.165, 1.54) is 13.0 Å². The molecule has 3 unspecified atom stereocenters. The zero-order chi connectivity index (χ0) is 12.8. The maximum absolute atomic E-state index is 12.2. The van der Waals surface area contributed by atoms with Crippen molar-refractivity contribution in [1.82, 2.24) is 0 Å². The minimum absolute atomic E-state index is 0.0129. The van der Waals surface area contributed by atoms with Crippen molar-refractivity contribution in [3.05, 3.63) is 11.6 Å². The van der Waals surface area contributed by atoms with E-state index in [0.29, 0.717) is 18.4 Å². The molecule has 3 heteroatoms. The fourth-order valence-corrected chi connectivity index (χ4v) is 3.44. The van der Waals surface area contributed by atoms with Gasteiger partial charge in [-0.1, -0.05) is 6.92 Å². The second kappa shape index (κ2) is 3.77. The van der Waals surface area contributed by atoms with Gasteiger partial charge in [0.2, 0.25) is 0 Å². The summed E-state index contributed by atoms with van der Waals surface area (Å²) in [7, 11) is 0. The SMILES string of the molecule is CC(=O)C1=CC(=O)C2(C)CCCC(C)(O)C2C1. The van der Waals surface area contributed by atoms with E-state index in [-0.39, 0.29) is 17.5 Å². The number of carbonyl (C=O) groups excluding carboxylic acids is 2. The van der Waals surface area contributed by atoms with Gasteiger partial charge >= 0.3 is 0 Å². The van der Waals surface area contributed by atoms with Crippen molar-refractivity contribution >= 4 is 11.6 Å². The highest BCUT2D eigenvalue weighted by Gasteiger charge is 2.53. The number of Topliss-reactive ketones (excluding diaryl/α,β-unsaturated/α-hetero) is 1. The molecule has 1 saturated carbocycles. The molecule has 2 aliphatic carbocycles. The van der Waals surface area contributed by atoms with Crippen molar-refractivity contribution in [2.24, 2.45) is 11.3 Å². The van der Waals surface area contributed by atoms with Gasteiger partial charge in [0.25, 0.3) is 0 Å². The van der Waals surface area contributed by atoms with Gasteiger partial charge in [0.1, 0.15) is 0 Å². The molecule has 0 aliphatic heterocycles. The normalized spacial score (nSPS) is 41.8. The summed E-state index contributed by atoms with van der Waals surface area (Å²) in [5.41, 5.74) is -0.752. The number of hydrogen-bond acceptors (Lipinski definition) is 3. The molecule has 0 aromatic rings. The van der Waals surface area contributed by atoms with Crippen molar-refractivity contribution < 1.29 is 14.7 Å². The van der Waals surface area contributed by atoms with Gasteiger partial charge < -0.3 is 5.11 Å². The number of ketones is 2. The van der Waals surface area contributed by atoms with Crippen LogP contribution in [0.25, 0.3) is 0 Å². The van der Waals surface area contributed by atoms with Crippen LogP contribution in [0, 0.1) is 11.3 Å². The molecule has 0 aromatic heterocycles. The molecule has 2 aliphatic rings. The van der Waals surface area contributed by atoms with Crippen LogP contribution in [0.1, 0.15) is 46.5 Å². The van der Waals surface area contributed by atoms with Crippen molar-refractivity contribution in [2.75, 3.05) is 0 Å². The Morgan fingerprint density at radius 1 is 1.41 bits per heavy atom. The number of fused-ring (bicyclic) bond motifs is 1. The molecule has 0 radical (unpaired) electrons. The highest BCUT2D eigenvalue weighted by molar-refractivity contribution is 6.05. The average molecular weight is 236 g/mol. The predicted octanol–water partition coefficient (Wildman–Crippen LogP) is 2.03. The molecule has 0 saturated heterocycles. The second-order valence-electron chi connectivity index (χ2n) is 5.97. The van der Waals surface area contributed by atoms with Crippen LogP contribution >= 0.6 is 0 Å². The van der Waals surface area contributed by atoms with E-state index in [1.807, 2.05) is 6.92 Å².